The van der Waals surface area contributed by atoms with Crippen LogP contribution in [0.15, 0.2) is 41.9 Å². The predicted molar refractivity (Wildman–Crippen MR) is 123 cm³/mol. The number of benzene rings is 1. The van der Waals surface area contributed by atoms with Gasteiger partial charge in [0.05, 0.1) is 33.0 Å². The van der Waals surface area contributed by atoms with E-state index in [4.69, 9.17) is 0 Å². The van der Waals surface area contributed by atoms with E-state index in [9.17, 15) is 4.39 Å². The number of aromatic nitrogens is 3. The van der Waals surface area contributed by atoms with Crippen molar-refractivity contribution in [2.45, 2.75) is 33.7 Å². The molecule has 154 valence electrons. The molecule has 0 aliphatic heterocycles. The lowest BCUT2D eigenvalue weighted by molar-refractivity contribution is 0.626. The average molecular weight is 440 g/mol. The Morgan fingerprint density at radius 1 is 1.07 bits per heavy atom. The normalized spacial score (nSPS) is 12.0. The first-order valence-corrected chi connectivity index (χ1v) is 11.2. The SMILES string of the molecule is Cc1ccc(NC(C)c2ccc(Nc3nc(-c4sc(C)nc4C)cs3)nc2)c(F)c1. The van der Waals surface area contributed by atoms with Crippen LogP contribution in [-0.2, 0) is 0 Å². The van der Waals surface area contributed by atoms with Gasteiger partial charge in [0.2, 0.25) is 0 Å². The zero-order chi connectivity index (χ0) is 21.3. The first-order chi connectivity index (χ1) is 14.4. The molecule has 0 fully saturated rings. The van der Waals surface area contributed by atoms with Crippen LogP contribution < -0.4 is 10.6 Å². The van der Waals surface area contributed by atoms with Crippen LogP contribution in [0.5, 0.6) is 0 Å². The van der Waals surface area contributed by atoms with Crippen LogP contribution in [0.25, 0.3) is 10.6 Å². The van der Waals surface area contributed by atoms with Crippen molar-refractivity contribution in [2.24, 2.45) is 0 Å². The molecular formula is C22H22FN5S2. The molecule has 1 atom stereocenters. The molecule has 0 saturated carbocycles. The van der Waals surface area contributed by atoms with E-state index in [-0.39, 0.29) is 11.9 Å². The summed E-state index contributed by atoms with van der Waals surface area (Å²) in [6.07, 6.45) is 1.79. The Hall–Kier alpha value is -2.84. The Labute approximate surface area is 183 Å². The van der Waals surface area contributed by atoms with Crippen molar-refractivity contribution in [3.05, 3.63) is 69.6 Å². The number of nitrogens with one attached hydrogen (secondary N) is 2. The maximum absolute atomic E-state index is 14.1. The summed E-state index contributed by atoms with van der Waals surface area (Å²) in [5.74, 6) is 0.463. The van der Waals surface area contributed by atoms with Crippen molar-refractivity contribution in [3.8, 4) is 10.6 Å². The van der Waals surface area contributed by atoms with Gasteiger partial charge < -0.3 is 10.6 Å². The molecule has 4 aromatic rings. The predicted octanol–water partition coefficient (Wildman–Crippen LogP) is 6.64. The topological polar surface area (TPSA) is 62.7 Å². The molecule has 3 aromatic heterocycles. The van der Waals surface area contributed by atoms with Gasteiger partial charge in [0, 0.05) is 11.6 Å². The van der Waals surface area contributed by atoms with E-state index < -0.39 is 0 Å². The van der Waals surface area contributed by atoms with Gasteiger partial charge >= 0.3 is 0 Å². The van der Waals surface area contributed by atoms with Crippen molar-refractivity contribution in [2.75, 3.05) is 10.6 Å². The smallest absolute Gasteiger partial charge is 0.188 e. The molecule has 0 aliphatic rings. The Bertz CT molecular complexity index is 1170. The molecule has 0 aliphatic carbocycles. The number of rotatable bonds is 6. The minimum absolute atomic E-state index is 0.0761. The van der Waals surface area contributed by atoms with E-state index in [1.165, 1.54) is 17.4 Å². The monoisotopic (exact) mass is 439 g/mol. The molecule has 1 aromatic carbocycles. The minimum Gasteiger partial charge on any atom is -0.376 e. The summed E-state index contributed by atoms with van der Waals surface area (Å²) in [5, 5.41) is 10.3. The summed E-state index contributed by atoms with van der Waals surface area (Å²) in [4.78, 5) is 14.7. The number of thiazole rings is 2. The summed E-state index contributed by atoms with van der Waals surface area (Å²) in [5.41, 5.74) is 4.28. The Morgan fingerprint density at radius 3 is 2.57 bits per heavy atom. The largest absolute Gasteiger partial charge is 0.376 e. The van der Waals surface area contributed by atoms with Gasteiger partial charge in [-0.2, -0.15) is 0 Å². The second-order valence-electron chi connectivity index (χ2n) is 7.14. The molecule has 4 rings (SSSR count). The highest BCUT2D eigenvalue weighted by Crippen LogP contribution is 2.33. The third kappa shape index (κ3) is 4.49. The number of hydrogen-bond donors (Lipinski definition) is 2. The number of nitrogens with zero attached hydrogens (tertiary/aromatic N) is 3. The summed E-state index contributed by atoms with van der Waals surface area (Å²) in [6, 6.07) is 8.98. The zero-order valence-electron chi connectivity index (χ0n) is 17.2. The van der Waals surface area contributed by atoms with Gasteiger partial charge in [-0.1, -0.05) is 12.1 Å². The van der Waals surface area contributed by atoms with Gasteiger partial charge in [-0.25, -0.2) is 19.3 Å². The molecule has 1 unspecified atom stereocenters. The highest BCUT2D eigenvalue weighted by atomic mass is 32.1. The zero-order valence-corrected chi connectivity index (χ0v) is 18.8. The number of halogens is 1. The van der Waals surface area contributed by atoms with Gasteiger partial charge in [-0.3, -0.25) is 0 Å². The van der Waals surface area contributed by atoms with E-state index in [0.29, 0.717) is 11.5 Å². The third-order valence-electron chi connectivity index (χ3n) is 4.66. The van der Waals surface area contributed by atoms with Crippen LogP contribution in [0, 0.1) is 26.6 Å². The van der Waals surface area contributed by atoms with Crippen LogP contribution in [0.2, 0.25) is 0 Å². The average Bonchev–Trinajstić information content (AvgIpc) is 3.30. The Balaban J connectivity index is 1.43. The van der Waals surface area contributed by atoms with E-state index in [2.05, 4.69) is 25.6 Å². The molecule has 0 bridgehead atoms. The molecule has 0 saturated heterocycles. The minimum atomic E-state index is -0.251. The summed E-state index contributed by atoms with van der Waals surface area (Å²) in [6.45, 7) is 7.86. The fraction of sp³-hybridized carbons (Fsp3) is 0.227. The van der Waals surface area contributed by atoms with Gasteiger partial charge in [-0.15, -0.1) is 22.7 Å². The number of aryl methyl sites for hydroxylation is 3. The van der Waals surface area contributed by atoms with Crippen molar-refractivity contribution in [1.82, 2.24) is 15.0 Å². The van der Waals surface area contributed by atoms with Gasteiger partial charge in [-0.05, 0) is 57.0 Å². The van der Waals surface area contributed by atoms with E-state index in [1.54, 1.807) is 23.6 Å². The second kappa shape index (κ2) is 8.49. The van der Waals surface area contributed by atoms with E-state index >= 15 is 0 Å². The lowest BCUT2D eigenvalue weighted by Crippen LogP contribution is -2.08. The first-order valence-electron chi connectivity index (χ1n) is 9.54. The quantitative estimate of drug-likeness (QED) is 0.352. The number of hydrogen-bond acceptors (Lipinski definition) is 7. The fourth-order valence-electron chi connectivity index (χ4n) is 3.10. The summed E-state index contributed by atoms with van der Waals surface area (Å²) in [7, 11) is 0. The molecule has 0 radical (unpaired) electrons. The van der Waals surface area contributed by atoms with Crippen LogP contribution >= 0.6 is 22.7 Å². The van der Waals surface area contributed by atoms with Gasteiger partial charge in [0.25, 0.3) is 0 Å². The van der Waals surface area contributed by atoms with Crippen LogP contribution in [0.1, 0.15) is 34.8 Å². The highest BCUT2D eigenvalue weighted by molar-refractivity contribution is 7.16. The van der Waals surface area contributed by atoms with Crippen molar-refractivity contribution >= 4 is 39.3 Å². The van der Waals surface area contributed by atoms with Crippen LogP contribution in [0.3, 0.4) is 0 Å². The third-order valence-corrected chi connectivity index (χ3v) is 6.51. The number of pyridine rings is 1. The molecule has 8 heteroatoms. The molecule has 5 nitrogen and oxygen atoms in total. The van der Waals surface area contributed by atoms with Crippen LogP contribution in [0.4, 0.5) is 21.0 Å². The summed E-state index contributed by atoms with van der Waals surface area (Å²) >= 11 is 3.19. The van der Waals surface area contributed by atoms with Crippen molar-refractivity contribution in [3.63, 3.8) is 0 Å². The van der Waals surface area contributed by atoms with Crippen molar-refractivity contribution in [1.29, 1.82) is 0 Å². The van der Waals surface area contributed by atoms with Crippen LogP contribution in [-0.4, -0.2) is 15.0 Å². The lowest BCUT2D eigenvalue weighted by Gasteiger charge is -2.16. The fourth-order valence-corrected chi connectivity index (χ4v) is 4.77. The second-order valence-corrected chi connectivity index (χ2v) is 9.20. The molecule has 2 N–H and O–H groups in total. The van der Waals surface area contributed by atoms with Crippen molar-refractivity contribution < 1.29 is 4.39 Å². The number of anilines is 3. The standard InChI is InChI=1S/C22H22FN5S2/c1-12-5-7-18(17(23)9-12)26-13(2)16-6-8-20(24-10-16)28-22-27-19(11-29-22)21-14(3)25-15(4)30-21/h5-11,13,26H,1-4H3,(H,24,27,28). The maximum Gasteiger partial charge on any atom is 0.188 e. The highest BCUT2D eigenvalue weighted by Gasteiger charge is 2.13. The van der Waals surface area contributed by atoms with Gasteiger partial charge in [0.15, 0.2) is 5.13 Å². The molecule has 3 heterocycles. The molecule has 30 heavy (non-hydrogen) atoms. The van der Waals surface area contributed by atoms with Gasteiger partial charge in [0.1, 0.15) is 11.6 Å². The van der Waals surface area contributed by atoms with E-state index in [0.717, 1.165) is 37.5 Å². The molecule has 0 amide bonds. The Kier molecular flexibility index (Phi) is 5.78. The first kappa shape index (κ1) is 20.4. The lowest BCUT2D eigenvalue weighted by atomic mass is 10.1. The van der Waals surface area contributed by atoms with E-state index in [1.807, 2.05) is 51.3 Å². The summed E-state index contributed by atoms with van der Waals surface area (Å²) < 4.78 is 14.1. The maximum atomic E-state index is 14.1. The molecular weight excluding hydrogens is 417 g/mol. The Morgan fingerprint density at radius 2 is 1.90 bits per heavy atom. The molecule has 0 spiro atoms.